The van der Waals surface area contributed by atoms with Gasteiger partial charge in [-0.05, 0) is 12.8 Å². The highest BCUT2D eigenvalue weighted by molar-refractivity contribution is 5.78. The molecule has 0 saturated carbocycles. The summed E-state index contributed by atoms with van der Waals surface area (Å²) in [6.07, 6.45) is 2.26. The van der Waals surface area contributed by atoms with Crippen molar-refractivity contribution in [1.29, 1.82) is 0 Å². The van der Waals surface area contributed by atoms with Gasteiger partial charge in [-0.25, -0.2) is 0 Å². The number of rotatable bonds is 5. The third kappa shape index (κ3) is 4.18. The summed E-state index contributed by atoms with van der Waals surface area (Å²) < 4.78 is 0. The Bertz CT molecular complexity index is 348. The fraction of sp³-hybridized carbons (Fsp3) is 0.857. The summed E-state index contributed by atoms with van der Waals surface area (Å²) in [4.78, 5) is 29.2. The van der Waals surface area contributed by atoms with E-state index in [2.05, 4.69) is 9.80 Å². The molecule has 0 aromatic rings. The van der Waals surface area contributed by atoms with E-state index in [0.717, 1.165) is 52.1 Å². The smallest absolute Gasteiger partial charge is 0.307 e. The number of hydrogen-bond acceptors (Lipinski definition) is 4. The number of carbonyl (C=O) groups excluding carboxylic acids is 1. The third-order valence-corrected chi connectivity index (χ3v) is 4.24. The molecule has 6 heteroatoms. The second-order valence-corrected chi connectivity index (χ2v) is 5.90. The zero-order valence-electron chi connectivity index (χ0n) is 12.3. The Balaban J connectivity index is 1.68. The third-order valence-electron chi connectivity index (χ3n) is 4.24. The number of carboxylic acid groups (broad SMARTS) is 1. The molecule has 20 heavy (non-hydrogen) atoms. The summed E-state index contributed by atoms with van der Waals surface area (Å²) in [6, 6.07) is 0. The first-order valence-electron chi connectivity index (χ1n) is 7.51. The van der Waals surface area contributed by atoms with Gasteiger partial charge in [-0.15, -0.1) is 0 Å². The number of carbonyl (C=O) groups is 2. The van der Waals surface area contributed by atoms with Crippen LogP contribution in [0.5, 0.6) is 0 Å². The Hall–Kier alpha value is -1.14. The molecule has 0 bridgehead atoms. The minimum absolute atomic E-state index is 0.245. The minimum atomic E-state index is -0.739. The molecule has 2 rings (SSSR count). The molecule has 0 spiro atoms. The van der Waals surface area contributed by atoms with E-state index in [4.69, 9.17) is 5.11 Å². The van der Waals surface area contributed by atoms with Crippen molar-refractivity contribution in [3.8, 4) is 0 Å². The highest BCUT2D eigenvalue weighted by Crippen LogP contribution is 2.10. The van der Waals surface area contributed by atoms with E-state index < -0.39 is 5.97 Å². The van der Waals surface area contributed by atoms with Gasteiger partial charge in [-0.1, -0.05) is 6.92 Å². The molecule has 2 aliphatic rings. The predicted octanol–water partition coefficient (Wildman–Crippen LogP) is -0.0529. The van der Waals surface area contributed by atoms with E-state index in [0.29, 0.717) is 13.1 Å². The molecule has 1 unspecified atom stereocenters. The largest absolute Gasteiger partial charge is 0.481 e. The van der Waals surface area contributed by atoms with Crippen LogP contribution in [0, 0.1) is 5.92 Å². The van der Waals surface area contributed by atoms with Gasteiger partial charge in [0.15, 0.2) is 0 Å². The molecule has 2 heterocycles. The standard InChI is InChI=1S/C14H25N3O3/c1-12(14(19)20)10-15-6-8-16(9-7-15)11-13(18)17-4-2-3-5-17/h12H,2-11H2,1H3,(H,19,20). The van der Waals surface area contributed by atoms with Crippen molar-refractivity contribution in [2.24, 2.45) is 5.92 Å². The van der Waals surface area contributed by atoms with Crippen LogP contribution in [-0.2, 0) is 9.59 Å². The van der Waals surface area contributed by atoms with Crippen molar-refractivity contribution in [1.82, 2.24) is 14.7 Å². The summed E-state index contributed by atoms with van der Waals surface area (Å²) in [6.45, 7) is 8.09. The summed E-state index contributed by atoms with van der Waals surface area (Å²) in [5.74, 6) is -0.820. The molecule has 0 aromatic carbocycles. The zero-order valence-corrected chi connectivity index (χ0v) is 12.3. The summed E-state index contributed by atoms with van der Waals surface area (Å²) in [5.41, 5.74) is 0. The Morgan fingerprint density at radius 2 is 1.55 bits per heavy atom. The summed E-state index contributed by atoms with van der Waals surface area (Å²) in [5, 5.41) is 8.92. The van der Waals surface area contributed by atoms with Gasteiger partial charge in [0.1, 0.15) is 0 Å². The maximum absolute atomic E-state index is 12.1. The van der Waals surface area contributed by atoms with Crippen LogP contribution < -0.4 is 0 Å². The van der Waals surface area contributed by atoms with Crippen LogP contribution in [-0.4, -0.2) is 84.0 Å². The van der Waals surface area contributed by atoms with E-state index in [1.54, 1.807) is 6.92 Å². The van der Waals surface area contributed by atoms with Gasteiger partial charge in [-0.2, -0.15) is 0 Å². The number of hydrogen-bond donors (Lipinski definition) is 1. The first kappa shape index (κ1) is 15.3. The van der Waals surface area contributed by atoms with Crippen molar-refractivity contribution in [2.45, 2.75) is 19.8 Å². The lowest BCUT2D eigenvalue weighted by atomic mass is 10.1. The number of nitrogens with zero attached hydrogens (tertiary/aromatic N) is 3. The molecule has 1 atom stereocenters. The predicted molar refractivity (Wildman–Crippen MR) is 75.5 cm³/mol. The zero-order chi connectivity index (χ0) is 14.5. The average Bonchev–Trinajstić information content (AvgIpc) is 2.95. The Labute approximate surface area is 120 Å². The minimum Gasteiger partial charge on any atom is -0.481 e. The van der Waals surface area contributed by atoms with Crippen LogP contribution in [0.4, 0.5) is 0 Å². The molecule has 0 radical (unpaired) electrons. The molecule has 1 N–H and O–H groups in total. The van der Waals surface area contributed by atoms with Crippen LogP contribution in [0.15, 0.2) is 0 Å². The van der Waals surface area contributed by atoms with E-state index in [1.165, 1.54) is 0 Å². The highest BCUT2D eigenvalue weighted by atomic mass is 16.4. The maximum atomic E-state index is 12.1. The number of piperazine rings is 1. The van der Waals surface area contributed by atoms with E-state index in [1.807, 2.05) is 4.90 Å². The quantitative estimate of drug-likeness (QED) is 0.766. The Morgan fingerprint density at radius 1 is 1.00 bits per heavy atom. The van der Waals surface area contributed by atoms with Crippen LogP contribution in [0.2, 0.25) is 0 Å². The van der Waals surface area contributed by atoms with E-state index >= 15 is 0 Å². The van der Waals surface area contributed by atoms with Gasteiger partial charge in [0.25, 0.3) is 0 Å². The SMILES string of the molecule is CC(CN1CCN(CC(=O)N2CCCC2)CC1)C(=O)O. The molecule has 0 aromatic heterocycles. The Kier molecular flexibility index (Phi) is 5.37. The lowest BCUT2D eigenvalue weighted by molar-refractivity contribution is -0.141. The second kappa shape index (κ2) is 7.04. The monoisotopic (exact) mass is 283 g/mol. The first-order valence-corrected chi connectivity index (χ1v) is 7.51. The molecule has 2 saturated heterocycles. The maximum Gasteiger partial charge on any atom is 0.307 e. The van der Waals surface area contributed by atoms with Crippen molar-refractivity contribution in [3.63, 3.8) is 0 Å². The molecule has 1 amide bonds. The highest BCUT2D eigenvalue weighted by Gasteiger charge is 2.24. The van der Waals surface area contributed by atoms with Gasteiger partial charge >= 0.3 is 5.97 Å². The second-order valence-electron chi connectivity index (χ2n) is 5.90. The van der Waals surface area contributed by atoms with Gasteiger partial charge < -0.3 is 10.0 Å². The molecular weight excluding hydrogens is 258 g/mol. The van der Waals surface area contributed by atoms with Crippen LogP contribution in [0.25, 0.3) is 0 Å². The molecule has 114 valence electrons. The van der Waals surface area contributed by atoms with Crippen molar-refractivity contribution in [2.75, 3.05) is 52.4 Å². The molecule has 2 aliphatic heterocycles. The van der Waals surface area contributed by atoms with Gasteiger partial charge in [0.2, 0.25) is 5.91 Å². The number of carboxylic acids is 1. The van der Waals surface area contributed by atoms with Crippen LogP contribution >= 0.6 is 0 Å². The van der Waals surface area contributed by atoms with Crippen LogP contribution in [0.3, 0.4) is 0 Å². The normalized spacial score (nSPS) is 22.9. The topological polar surface area (TPSA) is 64.1 Å². The fourth-order valence-electron chi connectivity index (χ4n) is 2.85. The fourth-order valence-corrected chi connectivity index (χ4v) is 2.85. The van der Waals surface area contributed by atoms with E-state index in [-0.39, 0.29) is 11.8 Å². The molecule has 6 nitrogen and oxygen atoms in total. The van der Waals surface area contributed by atoms with Crippen LogP contribution in [0.1, 0.15) is 19.8 Å². The van der Waals surface area contributed by atoms with Gasteiger partial charge in [0.05, 0.1) is 12.5 Å². The summed E-state index contributed by atoms with van der Waals surface area (Å²) >= 11 is 0. The summed E-state index contributed by atoms with van der Waals surface area (Å²) in [7, 11) is 0. The van der Waals surface area contributed by atoms with Gasteiger partial charge in [-0.3, -0.25) is 19.4 Å². The van der Waals surface area contributed by atoms with Crippen molar-refractivity contribution < 1.29 is 14.7 Å². The molecule has 0 aliphatic carbocycles. The lowest BCUT2D eigenvalue weighted by Gasteiger charge is -2.35. The Morgan fingerprint density at radius 3 is 2.10 bits per heavy atom. The van der Waals surface area contributed by atoms with Crippen molar-refractivity contribution >= 4 is 11.9 Å². The number of likely N-dealkylation sites (tertiary alicyclic amines) is 1. The molecular formula is C14H25N3O3. The lowest BCUT2D eigenvalue weighted by Crippen LogP contribution is -2.50. The first-order chi connectivity index (χ1) is 9.56. The van der Waals surface area contributed by atoms with Crippen molar-refractivity contribution in [3.05, 3.63) is 0 Å². The average molecular weight is 283 g/mol. The number of amides is 1. The van der Waals surface area contributed by atoms with E-state index in [9.17, 15) is 9.59 Å². The molecule has 2 fully saturated rings. The number of aliphatic carboxylic acids is 1. The van der Waals surface area contributed by atoms with Gasteiger partial charge in [0, 0.05) is 45.8 Å².